The van der Waals surface area contributed by atoms with E-state index in [1.54, 1.807) is 4.68 Å². The van der Waals surface area contributed by atoms with Gasteiger partial charge in [-0.25, -0.2) is 0 Å². The van der Waals surface area contributed by atoms with Gasteiger partial charge in [0.25, 0.3) is 0 Å². The fourth-order valence-electron chi connectivity index (χ4n) is 3.75. The van der Waals surface area contributed by atoms with E-state index in [4.69, 9.17) is 11.5 Å². The summed E-state index contributed by atoms with van der Waals surface area (Å²) in [7, 11) is 1.87. The second-order valence-electron chi connectivity index (χ2n) is 7.70. The number of carbonyl (C=O) groups excluding carboxylic acids is 1. The summed E-state index contributed by atoms with van der Waals surface area (Å²) >= 11 is 0. The minimum absolute atomic E-state index is 0.270. The number of benzene rings is 1. The zero-order valence-corrected chi connectivity index (χ0v) is 15.9. The lowest BCUT2D eigenvalue weighted by Gasteiger charge is -2.32. The molecule has 0 amide bonds. The summed E-state index contributed by atoms with van der Waals surface area (Å²) in [5, 5.41) is 7.63. The van der Waals surface area contributed by atoms with E-state index in [0.29, 0.717) is 0 Å². The number of rotatable bonds is 1. The monoisotopic (exact) mass is 355 g/mol. The lowest BCUT2D eigenvalue weighted by molar-refractivity contribution is -0.112. The van der Waals surface area contributed by atoms with Crippen molar-refractivity contribution in [2.75, 3.05) is 17.6 Å². The summed E-state index contributed by atoms with van der Waals surface area (Å²) in [6.45, 7) is 4.95. The molecule has 1 aliphatic heterocycles. The van der Waals surface area contributed by atoms with Gasteiger partial charge in [0.15, 0.2) is 0 Å². The van der Waals surface area contributed by atoms with Gasteiger partial charge in [-0.2, -0.15) is 5.10 Å². The van der Waals surface area contributed by atoms with Crippen LogP contribution in [-0.4, -0.2) is 28.7 Å². The molecule has 0 saturated carbocycles. The van der Waals surface area contributed by atoms with Crippen LogP contribution in [0.2, 0.25) is 0 Å². The zero-order chi connectivity index (χ0) is 18.9. The number of carbonyl (C=O) groups is 1. The van der Waals surface area contributed by atoms with Crippen LogP contribution in [0.1, 0.15) is 42.1 Å². The van der Waals surface area contributed by atoms with Crippen molar-refractivity contribution in [3.8, 4) is 0 Å². The predicted octanol–water partition coefficient (Wildman–Crippen LogP) is 2.09. The Hall–Kier alpha value is -2.34. The van der Waals surface area contributed by atoms with Gasteiger partial charge in [-0.15, -0.1) is 0 Å². The first-order valence-corrected chi connectivity index (χ1v) is 9.21. The van der Waals surface area contributed by atoms with Gasteiger partial charge in [-0.1, -0.05) is 17.7 Å². The number of aldehydes is 1. The Morgan fingerprint density at radius 1 is 1.42 bits per heavy atom. The van der Waals surface area contributed by atoms with Crippen LogP contribution in [0.3, 0.4) is 0 Å². The molecule has 0 fully saturated rings. The number of nitrogens with one attached hydrogen (secondary N) is 1. The van der Waals surface area contributed by atoms with Crippen molar-refractivity contribution < 1.29 is 4.79 Å². The lowest BCUT2D eigenvalue weighted by atomic mass is 9.77. The number of hydrogen-bond acceptors (Lipinski definition) is 5. The molecule has 2 heterocycles. The zero-order valence-electron chi connectivity index (χ0n) is 15.9. The molecule has 0 saturated heterocycles. The molecule has 140 valence electrons. The number of anilines is 2. The SMILES string of the molecule is Cc1ccc2c(c1)C(C)(C=O)CCN2.Cn1nc2c(c1N)CCC(N)C2. The topological polar surface area (TPSA) is 99.0 Å². The number of nitrogen functional groups attached to an aromatic ring is 1. The highest BCUT2D eigenvalue weighted by molar-refractivity contribution is 5.75. The minimum Gasteiger partial charge on any atom is -0.385 e. The molecule has 0 bridgehead atoms. The molecule has 1 aromatic carbocycles. The third-order valence-corrected chi connectivity index (χ3v) is 5.51. The van der Waals surface area contributed by atoms with Gasteiger partial charge >= 0.3 is 0 Å². The second kappa shape index (κ2) is 7.11. The van der Waals surface area contributed by atoms with Gasteiger partial charge in [-0.3, -0.25) is 4.68 Å². The second-order valence-corrected chi connectivity index (χ2v) is 7.70. The van der Waals surface area contributed by atoms with E-state index in [1.807, 2.05) is 14.0 Å². The Kier molecular flexibility index (Phi) is 5.05. The Morgan fingerprint density at radius 2 is 2.19 bits per heavy atom. The van der Waals surface area contributed by atoms with Gasteiger partial charge in [0.05, 0.1) is 11.1 Å². The molecule has 2 unspecified atom stereocenters. The van der Waals surface area contributed by atoms with Gasteiger partial charge < -0.3 is 21.6 Å². The van der Waals surface area contributed by atoms with E-state index < -0.39 is 0 Å². The molecule has 6 nitrogen and oxygen atoms in total. The van der Waals surface area contributed by atoms with Crippen molar-refractivity contribution in [2.24, 2.45) is 12.8 Å². The quantitative estimate of drug-likeness (QED) is 0.680. The van der Waals surface area contributed by atoms with Crippen LogP contribution in [-0.2, 0) is 30.1 Å². The van der Waals surface area contributed by atoms with Crippen molar-refractivity contribution in [1.29, 1.82) is 0 Å². The standard InChI is InChI=1S/C12H15NO.C8H14N4/c1-9-3-4-11-10(7-9)12(2,8-14)5-6-13-11;1-12-8(10)6-3-2-5(9)4-7(6)11-12/h3-4,7-8,13H,5-6H2,1-2H3;5H,2-4,9-10H2,1H3. The third kappa shape index (κ3) is 3.46. The molecule has 1 aliphatic carbocycles. The first-order chi connectivity index (χ1) is 12.3. The maximum absolute atomic E-state index is 11.1. The molecule has 2 aromatic rings. The molecule has 6 heteroatoms. The molecule has 4 rings (SSSR count). The summed E-state index contributed by atoms with van der Waals surface area (Å²) in [5.74, 6) is 0.803. The molecule has 5 N–H and O–H groups in total. The fraction of sp³-hybridized carbons (Fsp3) is 0.500. The van der Waals surface area contributed by atoms with Crippen molar-refractivity contribution in [3.05, 3.63) is 40.6 Å². The van der Waals surface area contributed by atoms with Crippen LogP contribution in [0.5, 0.6) is 0 Å². The number of nitrogens with zero attached hydrogens (tertiary/aromatic N) is 2. The number of aromatic nitrogens is 2. The van der Waals surface area contributed by atoms with E-state index >= 15 is 0 Å². The van der Waals surface area contributed by atoms with Crippen molar-refractivity contribution in [1.82, 2.24) is 9.78 Å². The van der Waals surface area contributed by atoms with Crippen molar-refractivity contribution in [3.63, 3.8) is 0 Å². The molecule has 0 spiro atoms. The summed E-state index contributed by atoms with van der Waals surface area (Å²) in [6.07, 6.45) is 4.85. The Bertz CT molecular complexity index is 813. The van der Waals surface area contributed by atoms with Gasteiger partial charge in [0.1, 0.15) is 12.1 Å². The first-order valence-electron chi connectivity index (χ1n) is 9.21. The first kappa shape index (κ1) is 18.5. The molecule has 1 aromatic heterocycles. The van der Waals surface area contributed by atoms with Crippen LogP contribution in [0.15, 0.2) is 18.2 Å². The molecular formula is C20H29N5O. The Balaban J connectivity index is 0.000000152. The third-order valence-electron chi connectivity index (χ3n) is 5.51. The molecule has 0 radical (unpaired) electrons. The average Bonchev–Trinajstić information content (AvgIpc) is 2.90. The number of nitrogens with two attached hydrogens (primary N) is 2. The van der Waals surface area contributed by atoms with Crippen LogP contribution >= 0.6 is 0 Å². The number of aryl methyl sites for hydroxylation is 2. The highest BCUT2D eigenvalue weighted by atomic mass is 16.1. The predicted molar refractivity (Wildman–Crippen MR) is 105 cm³/mol. The van der Waals surface area contributed by atoms with Crippen molar-refractivity contribution >= 4 is 17.8 Å². The maximum atomic E-state index is 11.1. The van der Waals surface area contributed by atoms with Crippen LogP contribution in [0.4, 0.5) is 11.5 Å². The minimum atomic E-state index is -0.299. The van der Waals surface area contributed by atoms with E-state index in [2.05, 4.69) is 35.5 Å². The highest BCUT2D eigenvalue weighted by Crippen LogP contribution is 2.35. The number of fused-ring (bicyclic) bond motifs is 2. The number of hydrogen-bond donors (Lipinski definition) is 3. The van der Waals surface area contributed by atoms with Gasteiger partial charge in [0.2, 0.25) is 0 Å². The van der Waals surface area contributed by atoms with Crippen LogP contribution < -0.4 is 16.8 Å². The van der Waals surface area contributed by atoms with E-state index in [1.165, 1.54) is 11.1 Å². The van der Waals surface area contributed by atoms with E-state index in [-0.39, 0.29) is 11.5 Å². The van der Waals surface area contributed by atoms with Gasteiger partial charge in [0, 0.05) is 37.3 Å². The van der Waals surface area contributed by atoms with Gasteiger partial charge in [-0.05, 0) is 44.7 Å². The summed E-state index contributed by atoms with van der Waals surface area (Å²) in [6, 6.07) is 6.51. The van der Waals surface area contributed by atoms with Crippen LogP contribution in [0, 0.1) is 6.92 Å². The summed E-state index contributed by atoms with van der Waals surface area (Å²) < 4.78 is 1.74. The lowest BCUT2D eigenvalue weighted by Crippen LogP contribution is -2.32. The molecule has 2 atom stereocenters. The molecule has 26 heavy (non-hydrogen) atoms. The van der Waals surface area contributed by atoms with Crippen LogP contribution in [0.25, 0.3) is 0 Å². The highest BCUT2D eigenvalue weighted by Gasteiger charge is 2.31. The molecule has 2 aliphatic rings. The Labute approximate surface area is 154 Å². The van der Waals surface area contributed by atoms with E-state index in [0.717, 1.165) is 61.3 Å². The Morgan fingerprint density at radius 3 is 2.92 bits per heavy atom. The smallest absolute Gasteiger partial charge is 0.130 e. The fourth-order valence-corrected chi connectivity index (χ4v) is 3.75. The molecular weight excluding hydrogens is 326 g/mol. The average molecular weight is 355 g/mol. The summed E-state index contributed by atoms with van der Waals surface area (Å²) in [4.78, 5) is 11.1. The largest absolute Gasteiger partial charge is 0.385 e. The van der Waals surface area contributed by atoms with Crippen molar-refractivity contribution in [2.45, 2.75) is 51.0 Å². The maximum Gasteiger partial charge on any atom is 0.130 e. The summed E-state index contributed by atoms with van der Waals surface area (Å²) in [5.41, 5.74) is 17.1. The van der Waals surface area contributed by atoms with E-state index in [9.17, 15) is 4.79 Å². The normalized spacial score (nSPS) is 23.8.